The van der Waals surface area contributed by atoms with Crippen LogP contribution in [0.2, 0.25) is 0 Å². The molecule has 0 aliphatic carbocycles. The van der Waals surface area contributed by atoms with Crippen LogP contribution >= 0.6 is 11.3 Å². The quantitative estimate of drug-likeness (QED) is 0.823. The molecule has 2 rings (SSSR count). The van der Waals surface area contributed by atoms with E-state index in [1.54, 1.807) is 22.2 Å². The van der Waals surface area contributed by atoms with Crippen molar-refractivity contribution >= 4 is 11.3 Å². The molecular weight excluding hydrogens is 196 g/mol. The van der Waals surface area contributed by atoms with E-state index in [1.807, 2.05) is 20.2 Å². The molecular formula is C9H12N4S. The summed E-state index contributed by atoms with van der Waals surface area (Å²) < 4.78 is 1.79. The van der Waals surface area contributed by atoms with Crippen LogP contribution in [0.3, 0.4) is 0 Å². The molecule has 0 radical (unpaired) electrons. The SMILES string of the molecule is CNC(c1cccs1)c1cnnn1C. The maximum atomic E-state index is 3.93. The summed E-state index contributed by atoms with van der Waals surface area (Å²) in [5.41, 5.74) is 1.08. The second-order valence-electron chi connectivity index (χ2n) is 3.02. The zero-order valence-electron chi connectivity index (χ0n) is 8.14. The maximum Gasteiger partial charge on any atom is 0.0855 e. The lowest BCUT2D eigenvalue weighted by atomic mass is 10.2. The molecule has 1 atom stereocenters. The van der Waals surface area contributed by atoms with E-state index in [0.29, 0.717) is 0 Å². The Morgan fingerprint density at radius 1 is 1.57 bits per heavy atom. The summed E-state index contributed by atoms with van der Waals surface area (Å²) >= 11 is 1.73. The highest BCUT2D eigenvalue weighted by Crippen LogP contribution is 2.24. The van der Waals surface area contributed by atoms with Crippen LogP contribution in [0, 0.1) is 0 Å². The fourth-order valence-corrected chi connectivity index (χ4v) is 2.30. The van der Waals surface area contributed by atoms with Gasteiger partial charge in [-0.15, -0.1) is 16.4 Å². The number of aromatic nitrogens is 3. The topological polar surface area (TPSA) is 42.7 Å². The first-order chi connectivity index (χ1) is 6.83. The van der Waals surface area contributed by atoms with E-state index in [2.05, 4.69) is 27.1 Å². The third-order valence-electron chi connectivity index (χ3n) is 2.16. The monoisotopic (exact) mass is 208 g/mol. The standard InChI is InChI=1S/C9H12N4S/c1-10-9(8-4-3-5-14-8)7-6-11-12-13(7)2/h3-6,9-10H,1-2H3. The lowest BCUT2D eigenvalue weighted by Gasteiger charge is -2.13. The minimum absolute atomic E-state index is 0.190. The Morgan fingerprint density at radius 3 is 2.93 bits per heavy atom. The minimum atomic E-state index is 0.190. The number of rotatable bonds is 3. The van der Waals surface area contributed by atoms with E-state index in [-0.39, 0.29) is 6.04 Å². The van der Waals surface area contributed by atoms with Gasteiger partial charge in [0.2, 0.25) is 0 Å². The summed E-state index contributed by atoms with van der Waals surface area (Å²) in [6.45, 7) is 0. The summed E-state index contributed by atoms with van der Waals surface area (Å²) in [5, 5.41) is 13.1. The zero-order chi connectivity index (χ0) is 9.97. The number of thiophene rings is 1. The molecule has 2 heterocycles. The van der Waals surface area contributed by atoms with Crippen molar-refractivity contribution in [3.8, 4) is 0 Å². The van der Waals surface area contributed by atoms with Crippen molar-refractivity contribution in [3.63, 3.8) is 0 Å². The minimum Gasteiger partial charge on any atom is -0.307 e. The van der Waals surface area contributed by atoms with Crippen LogP contribution in [0.15, 0.2) is 23.7 Å². The lowest BCUT2D eigenvalue weighted by molar-refractivity contribution is 0.604. The molecule has 1 unspecified atom stereocenters. The summed E-state index contributed by atoms with van der Waals surface area (Å²) in [7, 11) is 3.84. The second-order valence-corrected chi connectivity index (χ2v) is 4.00. The maximum absolute atomic E-state index is 3.93. The van der Waals surface area contributed by atoms with Crippen molar-refractivity contribution in [2.75, 3.05) is 7.05 Å². The van der Waals surface area contributed by atoms with Gasteiger partial charge in [0.05, 0.1) is 17.9 Å². The van der Waals surface area contributed by atoms with Crippen LogP contribution < -0.4 is 5.32 Å². The molecule has 0 bridgehead atoms. The zero-order valence-corrected chi connectivity index (χ0v) is 8.95. The number of hydrogen-bond acceptors (Lipinski definition) is 4. The highest BCUT2D eigenvalue weighted by Gasteiger charge is 2.16. The van der Waals surface area contributed by atoms with E-state index in [4.69, 9.17) is 0 Å². The summed E-state index contributed by atoms with van der Waals surface area (Å²) in [6.07, 6.45) is 1.79. The Kier molecular flexibility index (Phi) is 2.60. The fraction of sp³-hybridized carbons (Fsp3) is 0.333. The van der Waals surface area contributed by atoms with Crippen LogP contribution in [0.5, 0.6) is 0 Å². The average molecular weight is 208 g/mol. The molecule has 0 aliphatic rings. The summed E-state index contributed by atoms with van der Waals surface area (Å²) in [6, 6.07) is 4.35. The molecule has 1 N–H and O–H groups in total. The molecule has 0 fully saturated rings. The number of nitrogens with one attached hydrogen (secondary N) is 1. The van der Waals surface area contributed by atoms with E-state index in [1.165, 1.54) is 4.88 Å². The first-order valence-electron chi connectivity index (χ1n) is 4.38. The van der Waals surface area contributed by atoms with Gasteiger partial charge in [0, 0.05) is 11.9 Å². The molecule has 5 heteroatoms. The van der Waals surface area contributed by atoms with Gasteiger partial charge in [-0.1, -0.05) is 11.3 Å². The van der Waals surface area contributed by atoms with Gasteiger partial charge in [0.25, 0.3) is 0 Å². The van der Waals surface area contributed by atoms with Crippen LogP contribution in [0.4, 0.5) is 0 Å². The Hall–Kier alpha value is -1.20. The normalized spacial score (nSPS) is 13.0. The van der Waals surface area contributed by atoms with Crippen molar-refractivity contribution < 1.29 is 0 Å². The molecule has 2 aromatic heterocycles. The summed E-state index contributed by atoms with van der Waals surface area (Å²) in [5.74, 6) is 0. The van der Waals surface area contributed by atoms with Crippen molar-refractivity contribution in [2.24, 2.45) is 7.05 Å². The van der Waals surface area contributed by atoms with Crippen LogP contribution in [-0.2, 0) is 7.05 Å². The molecule has 74 valence electrons. The molecule has 14 heavy (non-hydrogen) atoms. The van der Waals surface area contributed by atoms with Crippen molar-refractivity contribution in [3.05, 3.63) is 34.3 Å². The predicted molar refractivity (Wildman–Crippen MR) is 56.2 cm³/mol. The first kappa shape index (κ1) is 9.36. The summed E-state index contributed by atoms with van der Waals surface area (Å²) in [4.78, 5) is 1.28. The van der Waals surface area contributed by atoms with Gasteiger partial charge in [-0.25, -0.2) is 0 Å². The Balaban J connectivity index is 2.36. The molecule has 0 aromatic carbocycles. The fourth-order valence-electron chi connectivity index (χ4n) is 1.45. The van der Waals surface area contributed by atoms with Gasteiger partial charge in [0.15, 0.2) is 0 Å². The molecule has 0 aliphatic heterocycles. The molecule has 0 spiro atoms. The molecule has 0 amide bonds. The first-order valence-corrected chi connectivity index (χ1v) is 5.26. The van der Waals surface area contributed by atoms with Gasteiger partial charge >= 0.3 is 0 Å². The van der Waals surface area contributed by atoms with Gasteiger partial charge < -0.3 is 5.32 Å². The van der Waals surface area contributed by atoms with E-state index < -0.39 is 0 Å². The van der Waals surface area contributed by atoms with Crippen LogP contribution in [-0.4, -0.2) is 22.0 Å². The number of aryl methyl sites for hydroxylation is 1. The third-order valence-corrected chi connectivity index (χ3v) is 3.10. The predicted octanol–water partition coefficient (Wildman–Crippen LogP) is 1.19. The van der Waals surface area contributed by atoms with Gasteiger partial charge in [-0.2, -0.15) is 0 Å². The second kappa shape index (κ2) is 3.89. The van der Waals surface area contributed by atoms with Gasteiger partial charge in [-0.3, -0.25) is 4.68 Å². The highest BCUT2D eigenvalue weighted by molar-refractivity contribution is 7.10. The van der Waals surface area contributed by atoms with Crippen LogP contribution in [0.25, 0.3) is 0 Å². The number of hydrogen-bond donors (Lipinski definition) is 1. The van der Waals surface area contributed by atoms with Gasteiger partial charge in [0.1, 0.15) is 0 Å². The van der Waals surface area contributed by atoms with Crippen molar-refractivity contribution in [1.82, 2.24) is 20.3 Å². The van der Waals surface area contributed by atoms with Crippen molar-refractivity contribution in [2.45, 2.75) is 6.04 Å². The number of nitrogens with zero attached hydrogens (tertiary/aromatic N) is 3. The smallest absolute Gasteiger partial charge is 0.0855 e. The molecule has 2 aromatic rings. The molecule has 0 saturated heterocycles. The van der Waals surface area contributed by atoms with E-state index in [9.17, 15) is 0 Å². The Bertz CT molecular complexity index is 393. The Labute approximate surface area is 86.6 Å². The van der Waals surface area contributed by atoms with Crippen molar-refractivity contribution in [1.29, 1.82) is 0 Å². The molecule has 0 saturated carbocycles. The third kappa shape index (κ3) is 1.56. The van der Waals surface area contributed by atoms with E-state index in [0.717, 1.165) is 5.69 Å². The van der Waals surface area contributed by atoms with E-state index >= 15 is 0 Å². The lowest BCUT2D eigenvalue weighted by Crippen LogP contribution is -2.19. The Morgan fingerprint density at radius 2 is 2.43 bits per heavy atom. The molecule has 4 nitrogen and oxygen atoms in total. The largest absolute Gasteiger partial charge is 0.307 e. The van der Waals surface area contributed by atoms with Crippen LogP contribution in [0.1, 0.15) is 16.6 Å². The highest BCUT2D eigenvalue weighted by atomic mass is 32.1. The van der Waals surface area contributed by atoms with Gasteiger partial charge in [-0.05, 0) is 18.5 Å². The average Bonchev–Trinajstić information content (AvgIpc) is 2.80.